The summed E-state index contributed by atoms with van der Waals surface area (Å²) in [5, 5.41) is 0.214. The Morgan fingerprint density at radius 1 is 1.08 bits per heavy atom. The van der Waals surface area contributed by atoms with Gasteiger partial charge in [0, 0.05) is 18.7 Å². The quantitative estimate of drug-likeness (QED) is 0.415. The van der Waals surface area contributed by atoms with Gasteiger partial charge >= 0.3 is 5.97 Å². The van der Waals surface area contributed by atoms with Crippen molar-refractivity contribution in [1.29, 1.82) is 0 Å². The maximum atomic E-state index is 12.7. The molecule has 26 heavy (non-hydrogen) atoms. The Morgan fingerprint density at radius 3 is 2.19 bits per heavy atom. The molecule has 0 unspecified atom stereocenters. The molecule has 1 amide bonds. The largest absolute Gasteiger partial charge is 0.496 e. The van der Waals surface area contributed by atoms with E-state index in [0.717, 1.165) is 0 Å². The predicted octanol–water partition coefficient (Wildman–Crippen LogP) is 1.29. The third-order valence-electron chi connectivity index (χ3n) is 3.89. The SMILES string of the molecule is COC(=O)CN1C(=O)/C(=C/c2cc(OC)c(OC)cc2OC)N(C)C1=S. The summed E-state index contributed by atoms with van der Waals surface area (Å²) in [6, 6.07) is 3.35. The highest BCUT2D eigenvalue weighted by molar-refractivity contribution is 7.80. The number of hydrogen-bond donors (Lipinski definition) is 0. The zero-order valence-corrected chi connectivity index (χ0v) is 16.0. The van der Waals surface area contributed by atoms with Gasteiger partial charge in [-0.2, -0.15) is 0 Å². The average molecular weight is 380 g/mol. The van der Waals surface area contributed by atoms with Gasteiger partial charge in [0.2, 0.25) is 0 Å². The molecule has 0 bridgehead atoms. The zero-order chi connectivity index (χ0) is 19.4. The summed E-state index contributed by atoms with van der Waals surface area (Å²) in [7, 11) is 7.45. The third kappa shape index (κ3) is 3.57. The second-order valence-corrected chi connectivity index (χ2v) is 5.65. The first-order valence-electron chi connectivity index (χ1n) is 7.56. The van der Waals surface area contributed by atoms with Crippen molar-refractivity contribution in [2.45, 2.75) is 0 Å². The number of hydrogen-bond acceptors (Lipinski definition) is 7. The van der Waals surface area contributed by atoms with Crippen molar-refractivity contribution in [2.75, 3.05) is 42.0 Å². The molecule has 1 saturated heterocycles. The topological polar surface area (TPSA) is 77.5 Å². The van der Waals surface area contributed by atoms with Gasteiger partial charge in [-0.3, -0.25) is 14.5 Å². The van der Waals surface area contributed by atoms with E-state index in [0.29, 0.717) is 28.5 Å². The summed E-state index contributed by atoms with van der Waals surface area (Å²) in [4.78, 5) is 26.9. The molecule has 1 fully saturated rings. The molecule has 0 saturated carbocycles. The first kappa shape index (κ1) is 19.5. The van der Waals surface area contributed by atoms with E-state index in [1.165, 1.54) is 38.2 Å². The first-order valence-corrected chi connectivity index (χ1v) is 7.96. The summed E-state index contributed by atoms with van der Waals surface area (Å²) in [5.74, 6) is 0.523. The monoisotopic (exact) mass is 380 g/mol. The molecule has 1 aromatic carbocycles. The molecule has 140 valence electrons. The molecule has 0 N–H and O–H groups in total. The van der Waals surface area contributed by atoms with Crippen LogP contribution in [0.1, 0.15) is 5.56 Å². The number of benzene rings is 1. The first-order chi connectivity index (χ1) is 12.4. The van der Waals surface area contributed by atoms with Gasteiger partial charge in [0.25, 0.3) is 5.91 Å². The maximum absolute atomic E-state index is 12.7. The lowest BCUT2D eigenvalue weighted by molar-refractivity contribution is -0.143. The molecule has 1 aliphatic heterocycles. The van der Waals surface area contributed by atoms with Gasteiger partial charge in [-0.15, -0.1) is 0 Å². The standard InChI is InChI=1S/C17H20N2O6S/c1-18-11(16(21)19(17(18)26)9-15(20)25-5)6-10-7-13(23-3)14(24-4)8-12(10)22-2/h6-8H,9H2,1-5H3/b11-6-. The van der Waals surface area contributed by atoms with Gasteiger partial charge in [0.05, 0.1) is 28.4 Å². The van der Waals surface area contributed by atoms with Crippen molar-refractivity contribution in [3.63, 3.8) is 0 Å². The summed E-state index contributed by atoms with van der Waals surface area (Å²) < 4.78 is 20.5. The molecule has 1 heterocycles. The lowest BCUT2D eigenvalue weighted by Crippen LogP contribution is -2.36. The fourth-order valence-corrected chi connectivity index (χ4v) is 2.70. The number of amides is 1. The number of thiocarbonyl (C=S) groups is 1. The lowest BCUT2D eigenvalue weighted by Gasteiger charge is -2.15. The van der Waals surface area contributed by atoms with Gasteiger partial charge in [-0.05, 0) is 24.4 Å². The third-order valence-corrected chi connectivity index (χ3v) is 4.38. The summed E-state index contributed by atoms with van der Waals surface area (Å²) >= 11 is 5.26. The molecule has 8 nitrogen and oxygen atoms in total. The second-order valence-electron chi connectivity index (χ2n) is 5.29. The van der Waals surface area contributed by atoms with E-state index in [4.69, 9.17) is 26.4 Å². The Labute approximate surface area is 156 Å². The molecule has 1 aromatic rings. The Morgan fingerprint density at radius 2 is 1.65 bits per heavy atom. The van der Waals surface area contributed by atoms with Crippen molar-refractivity contribution in [3.8, 4) is 17.2 Å². The maximum Gasteiger partial charge on any atom is 0.325 e. The normalized spacial score (nSPS) is 15.5. The van der Waals surface area contributed by atoms with E-state index in [9.17, 15) is 9.59 Å². The van der Waals surface area contributed by atoms with Gasteiger partial charge < -0.3 is 23.8 Å². The zero-order valence-electron chi connectivity index (χ0n) is 15.2. The summed E-state index contributed by atoms with van der Waals surface area (Å²) in [6.07, 6.45) is 1.62. The lowest BCUT2D eigenvalue weighted by atomic mass is 10.1. The van der Waals surface area contributed by atoms with Gasteiger partial charge in [0.15, 0.2) is 16.6 Å². The number of carbonyl (C=O) groups is 2. The summed E-state index contributed by atoms with van der Waals surface area (Å²) in [5.41, 5.74) is 0.896. The van der Waals surface area contributed by atoms with Crippen LogP contribution in [-0.4, -0.2) is 68.8 Å². The number of methoxy groups -OCH3 is 4. The average Bonchev–Trinajstić information content (AvgIpc) is 2.85. The number of nitrogens with zero attached hydrogens (tertiary/aromatic N) is 2. The fourth-order valence-electron chi connectivity index (χ4n) is 2.46. The minimum atomic E-state index is -0.556. The van der Waals surface area contributed by atoms with E-state index in [-0.39, 0.29) is 11.7 Å². The smallest absolute Gasteiger partial charge is 0.325 e. The van der Waals surface area contributed by atoms with Gasteiger partial charge in [-0.25, -0.2) is 0 Å². The number of ether oxygens (including phenoxy) is 4. The predicted molar refractivity (Wildman–Crippen MR) is 98.2 cm³/mol. The number of esters is 1. The molecular weight excluding hydrogens is 360 g/mol. The van der Waals surface area contributed by atoms with Crippen LogP contribution in [0.4, 0.5) is 0 Å². The number of rotatable bonds is 6. The van der Waals surface area contributed by atoms with Gasteiger partial charge in [0.1, 0.15) is 18.0 Å². The van der Waals surface area contributed by atoms with Crippen LogP contribution in [-0.2, 0) is 14.3 Å². The van der Waals surface area contributed by atoms with Crippen LogP contribution in [0.15, 0.2) is 17.8 Å². The van der Waals surface area contributed by atoms with Crippen molar-refractivity contribution in [1.82, 2.24) is 9.80 Å². The van der Waals surface area contributed by atoms with E-state index in [1.807, 2.05) is 0 Å². The van der Waals surface area contributed by atoms with Crippen LogP contribution in [0.2, 0.25) is 0 Å². The second kappa shape index (κ2) is 8.05. The van der Waals surface area contributed by atoms with E-state index < -0.39 is 11.9 Å². The molecule has 0 aromatic heterocycles. The molecule has 0 atom stereocenters. The Kier molecular flexibility index (Phi) is 6.04. The number of carbonyl (C=O) groups excluding carboxylic acids is 2. The van der Waals surface area contributed by atoms with Crippen LogP contribution in [0, 0.1) is 0 Å². The highest BCUT2D eigenvalue weighted by atomic mass is 32.1. The molecule has 0 aliphatic carbocycles. The Balaban J connectivity index is 2.47. The molecule has 0 spiro atoms. The molecule has 1 aliphatic rings. The highest BCUT2D eigenvalue weighted by Gasteiger charge is 2.37. The van der Waals surface area contributed by atoms with Crippen molar-refractivity contribution in [3.05, 3.63) is 23.4 Å². The van der Waals surface area contributed by atoms with Crippen LogP contribution in [0.25, 0.3) is 6.08 Å². The molecule has 2 rings (SSSR count). The number of likely N-dealkylation sites (N-methyl/N-ethyl adjacent to an activating group) is 1. The van der Waals surface area contributed by atoms with Crippen molar-refractivity contribution >= 4 is 35.3 Å². The fraction of sp³-hybridized carbons (Fsp3) is 0.353. The van der Waals surface area contributed by atoms with E-state index in [2.05, 4.69) is 4.74 Å². The van der Waals surface area contributed by atoms with Crippen LogP contribution < -0.4 is 14.2 Å². The molecule has 9 heteroatoms. The van der Waals surface area contributed by atoms with Gasteiger partial charge in [-0.1, -0.05) is 0 Å². The van der Waals surface area contributed by atoms with Crippen LogP contribution >= 0.6 is 12.2 Å². The van der Waals surface area contributed by atoms with Crippen LogP contribution in [0.3, 0.4) is 0 Å². The molecular formula is C17H20N2O6S. The van der Waals surface area contributed by atoms with E-state index in [1.54, 1.807) is 25.3 Å². The van der Waals surface area contributed by atoms with E-state index >= 15 is 0 Å². The minimum Gasteiger partial charge on any atom is -0.496 e. The Hall–Kier alpha value is -2.81. The minimum absolute atomic E-state index is 0.214. The Bertz CT molecular complexity index is 777. The summed E-state index contributed by atoms with van der Waals surface area (Å²) in [6.45, 7) is -0.251. The van der Waals surface area contributed by atoms with Crippen molar-refractivity contribution in [2.24, 2.45) is 0 Å². The molecule has 0 radical (unpaired) electrons. The van der Waals surface area contributed by atoms with Crippen molar-refractivity contribution < 1.29 is 28.5 Å². The highest BCUT2D eigenvalue weighted by Crippen LogP contribution is 2.36. The van der Waals surface area contributed by atoms with Crippen LogP contribution in [0.5, 0.6) is 17.2 Å².